The summed E-state index contributed by atoms with van der Waals surface area (Å²) in [5.41, 5.74) is 8.15. The van der Waals surface area contributed by atoms with Gasteiger partial charge >= 0.3 is 0 Å². The lowest BCUT2D eigenvalue weighted by Gasteiger charge is -2.23. The Hall–Kier alpha value is -0.250. The fourth-order valence-electron chi connectivity index (χ4n) is 2.19. The minimum atomic E-state index is 0.596. The number of halogens is 1. The van der Waals surface area contributed by atoms with Crippen molar-refractivity contribution in [3.63, 3.8) is 0 Å². The van der Waals surface area contributed by atoms with E-state index in [1.165, 1.54) is 39.9 Å². The summed E-state index contributed by atoms with van der Waals surface area (Å²) in [5, 5.41) is 0. The van der Waals surface area contributed by atoms with Crippen molar-refractivity contribution in [2.45, 2.75) is 18.8 Å². The second-order valence-electron chi connectivity index (χ2n) is 4.31. The lowest BCUT2D eigenvalue weighted by Crippen LogP contribution is -2.08. The molecule has 0 aromatic heterocycles. The van der Waals surface area contributed by atoms with Gasteiger partial charge in [0, 0.05) is 11.0 Å². The summed E-state index contributed by atoms with van der Waals surface area (Å²) in [7, 11) is 0. The van der Waals surface area contributed by atoms with E-state index in [2.05, 4.69) is 52.0 Å². The van der Waals surface area contributed by atoms with Gasteiger partial charge in [-0.15, -0.1) is 0 Å². The zero-order chi connectivity index (χ0) is 12.1. The Balaban J connectivity index is 2.15. The first-order chi connectivity index (χ1) is 8.31. The summed E-state index contributed by atoms with van der Waals surface area (Å²) < 4.78 is 1.24. The van der Waals surface area contributed by atoms with Crippen molar-refractivity contribution in [3.05, 3.63) is 39.9 Å². The molecular formula is C14H18BrNS. The summed E-state index contributed by atoms with van der Waals surface area (Å²) in [6.07, 6.45) is 6.67. The molecule has 1 aromatic carbocycles. The van der Waals surface area contributed by atoms with Gasteiger partial charge in [0.25, 0.3) is 0 Å². The molecular weight excluding hydrogens is 294 g/mol. The van der Waals surface area contributed by atoms with Gasteiger partial charge in [-0.05, 0) is 47.5 Å². The van der Waals surface area contributed by atoms with Crippen LogP contribution < -0.4 is 5.73 Å². The molecule has 0 saturated carbocycles. The summed E-state index contributed by atoms with van der Waals surface area (Å²) in [6.45, 7) is 0.596. The molecule has 1 saturated heterocycles. The van der Waals surface area contributed by atoms with Crippen LogP contribution in [-0.4, -0.2) is 18.1 Å². The Morgan fingerprint density at radius 3 is 2.76 bits per heavy atom. The van der Waals surface area contributed by atoms with Crippen LogP contribution in [0.25, 0.3) is 6.08 Å². The summed E-state index contributed by atoms with van der Waals surface area (Å²) in [4.78, 5) is 0. The molecule has 0 amide bonds. The molecule has 0 radical (unpaired) electrons. The Morgan fingerprint density at radius 1 is 1.35 bits per heavy atom. The molecule has 17 heavy (non-hydrogen) atoms. The monoisotopic (exact) mass is 311 g/mol. The van der Waals surface area contributed by atoms with Crippen LogP contribution >= 0.6 is 27.7 Å². The molecule has 2 rings (SSSR count). The van der Waals surface area contributed by atoms with E-state index >= 15 is 0 Å². The molecule has 1 aliphatic rings. The third-order valence-electron chi connectivity index (χ3n) is 3.13. The van der Waals surface area contributed by atoms with E-state index in [1.54, 1.807) is 0 Å². The smallest absolute Gasteiger partial charge is 0.0216 e. The predicted molar refractivity (Wildman–Crippen MR) is 81.5 cm³/mol. The SMILES string of the molecule is NC/C=C/c1ccc(C2CCSCC2)c(Br)c1. The van der Waals surface area contributed by atoms with Gasteiger partial charge in [0.2, 0.25) is 0 Å². The van der Waals surface area contributed by atoms with E-state index < -0.39 is 0 Å². The van der Waals surface area contributed by atoms with E-state index in [1.807, 2.05) is 6.08 Å². The van der Waals surface area contributed by atoms with Gasteiger partial charge in [0.05, 0.1) is 0 Å². The molecule has 1 fully saturated rings. The topological polar surface area (TPSA) is 26.0 Å². The second kappa shape index (κ2) is 6.62. The standard InChI is InChI=1S/C14H18BrNS/c15-14-10-11(2-1-7-16)3-4-13(14)12-5-8-17-9-6-12/h1-4,10,12H,5-9,16H2/b2-1+. The average molecular weight is 312 g/mol. The number of nitrogens with two attached hydrogens (primary N) is 1. The maximum absolute atomic E-state index is 5.46. The van der Waals surface area contributed by atoms with Gasteiger partial charge in [0.15, 0.2) is 0 Å². The molecule has 3 heteroatoms. The third kappa shape index (κ3) is 3.60. The highest BCUT2D eigenvalue weighted by Gasteiger charge is 2.17. The molecule has 0 unspecified atom stereocenters. The van der Waals surface area contributed by atoms with Crippen LogP contribution in [0.5, 0.6) is 0 Å². The molecule has 1 heterocycles. The zero-order valence-electron chi connectivity index (χ0n) is 9.86. The summed E-state index contributed by atoms with van der Waals surface area (Å²) in [5.74, 6) is 3.33. The van der Waals surface area contributed by atoms with Crippen LogP contribution in [0.4, 0.5) is 0 Å². The molecule has 1 nitrogen and oxygen atoms in total. The first-order valence-electron chi connectivity index (χ1n) is 6.05. The van der Waals surface area contributed by atoms with E-state index in [0.29, 0.717) is 6.54 Å². The summed E-state index contributed by atoms with van der Waals surface area (Å²) >= 11 is 5.78. The molecule has 0 aliphatic carbocycles. The van der Waals surface area contributed by atoms with Crippen molar-refractivity contribution in [2.24, 2.45) is 5.73 Å². The normalized spacial score (nSPS) is 17.8. The van der Waals surface area contributed by atoms with Crippen molar-refractivity contribution in [1.29, 1.82) is 0 Å². The fourth-order valence-corrected chi connectivity index (χ4v) is 4.02. The highest BCUT2D eigenvalue weighted by atomic mass is 79.9. The summed E-state index contributed by atoms with van der Waals surface area (Å²) in [6, 6.07) is 6.65. The highest BCUT2D eigenvalue weighted by Crippen LogP contribution is 2.35. The van der Waals surface area contributed by atoms with E-state index in [9.17, 15) is 0 Å². The molecule has 92 valence electrons. The Kier molecular flexibility index (Phi) is 5.14. The Bertz CT molecular complexity index is 397. The van der Waals surface area contributed by atoms with E-state index in [-0.39, 0.29) is 0 Å². The molecule has 1 aliphatic heterocycles. The first kappa shape index (κ1) is 13.2. The molecule has 1 aromatic rings. The van der Waals surface area contributed by atoms with Gasteiger partial charge in [-0.25, -0.2) is 0 Å². The maximum atomic E-state index is 5.46. The Labute approximate surface area is 116 Å². The predicted octanol–water partition coefficient (Wildman–Crippen LogP) is 4.03. The molecule has 2 N–H and O–H groups in total. The Morgan fingerprint density at radius 2 is 2.12 bits per heavy atom. The highest BCUT2D eigenvalue weighted by molar-refractivity contribution is 9.10. The lowest BCUT2D eigenvalue weighted by molar-refractivity contribution is 0.635. The van der Waals surface area contributed by atoms with Crippen molar-refractivity contribution in [3.8, 4) is 0 Å². The number of hydrogen-bond donors (Lipinski definition) is 1. The molecule has 0 atom stereocenters. The number of rotatable bonds is 3. The average Bonchev–Trinajstić information content (AvgIpc) is 2.37. The van der Waals surface area contributed by atoms with Crippen LogP contribution in [0.15, 0.2) is 28.7 Å². The quantitative estimate of drug-likeness (QED) is 0.912. The van der Waals surface area contributed by atoms with Crippen LogP contribution in [0.3, 0.4) is 0 Å². The van der Waals surface area contributed by atoms with Crippen LogP contribution in [0.1, 0.15) is 29.9 Å². The van der Waals surface area contributed by atoms with Crippen molar-refractivity contribution >= 4 is 33.8 Å². The van der Waals surface area contributed by atoms with E-state index in [4.69, 9.17) is 5.73 Å². The fraction of sp³-hybridized carbons (Fsp3) is 0.429. The zero-order valence-corrected chi connectivity index (χ0v) is 12.3. The van der Waals surface area contributed by atoms with Crippen LogP contribution in [0.2, 0.25) is 0 Å². The van der Waals surface area contributed by atoms with Gasteiger partial charge in [0.1, 0.15) is 0 Å². The van der Waals surface area contributed by atoms with Gasteiger partial charge in [-0.2, -0.15) is 11.8 Å². The maximum Gasteiger partial charge on any atom is 0.0216 e. The molecule has 0 bridgehead atoms. The van der Waals surface area contributed by atoms with Crippen molar-refractivity contribution in [2.75, 3.05) is 18.1 Å². The van der Waals surface area contributed by atoms with Gasteiger partial charge in [-0.3, -0.25) is 0 Å². The minimum Gasteiger partial charge on any atom is -0.327 e. The number of benzene rings is 1. The first-order valence-corrected chi connectivity index (χ1v) is 8.00. The van der Waals surface area contributed by atoms with Crippen LogP contribution in [0, 0.1) is 0 Å². The number of thioether (sulfide) groups is 1. The van der Waals surface area contributed by atoms with Gasteiger partial charge < -0.3 is 5.73 Å². The minimum absolute atomic E-state index is 0.596. The molecule has 0 spiro atoms. The van der Waals surface area contributed by atoms with Crippen molar-refractivity contribution in [1.82, 2.24) is 0 Å². The number of hydrogen-bond acceptors (Lipinski definition) is 2. The van der Waals surface area contributed by atoms with Gasteiger partial charge in [-0.1, -0.05) is 40.2 Å². The van der Waals surface area contributed by atoms with Crippen LogP contribution in [-0.2, 0) is 0 Å². The second-order valence-corrected chi connectivity index (χ2v) is 6.38. The van der Waals surface area contributed by atoms with E-state index in [0.717, 1.165) is 5.92 Å². The lowest BCUT2D eigenvalue weighted by atomic mass is 9.93. The van der Waals surface area contributed by atoms with Crippen molar-refractivity contribution < 1.29 is 0 Å². The largest absolute Gasteiger partial charge is 0.327 e. The third-order valence-corrected chi connectivity index (χ3v) is 4.87.